The zero-order valence-electron chi connectivity index (χ0n) is 9.69. The zero-order chi connectivity index (χ0) is 11.7. The molecule has 2 nitrogen and oxygen atoms in total. The van der Waals surface area contributed by atoms with E-state index in [0.717, 1.165) is 23.8 Å². The number of hydrogen-bond acceptors (Lipinski definition) is 4. The summed E-state index contributed by atoms with van der Waals surface area (Å²) in [7, 11) is 0. The molecule has 2 aromatic rings. The lowest BCUT2D eigenvalue weighted by molar-refractivity contribution is 0.976. The molecule has 0 amide bonds. The van der Waals surface area contributed by atoms with Crippen molar-refractivity contribution in [1.29, 1.82) is 0 Å². The van der Waals surface area contributed by atoms with Gasteiger partial charge in [0.15, 0.2) is 5.13 Å². The fourth-order valence-corrected chi connectivity index (χ4v) is 4.03. The zero-order valence-corrected chi connectivity index (χ0v) is 11.3. The predicted octanol–water partition coefficient (Wildman–Crippen LogP) is 4.24. The third kappa shape index (κ3) is 2.07. The number of nitrogens with zero attached hydrogens (tertiary/aromatic N) is 1. The Kier molecular flexibility index (Phi) is 3.07. The van der Waals surface area contributed by atoms with Crippen molar-refractivity contribution in [3.63, 3.8) is 0 Å². The van der Waals surface area contributed by atoms with E-state index in [1.165, 1.54) is 21.0 Å². The van der Waals surface area contributed by atoms with Crippen LogP contribution < -0.4 is 5.32 Å². The molecule has 0 atom stereocenters. The van der Waals surface area contributed by atoms with Gasteiger partial charge in [-0.3, -0.25) is 0 Å². The molecule has 1 aliphatic heterocycles. The van der Waals surface area contributed by atoms with E-state index in [0.29, 0.717) is 0 Å². The first-order chi connectivity index (χ1) is 8.38. The van der Waals surface area contributed by atoms with Gasteiger partial charge in [-0.25, -0.2) is 4.98 Å². The fraction of sp³-hybridized carbons (Fsp3) is 0.308. The number of rotatable bonds is 3. The van der Waals surface area contributed by atoms with E-state index in [9.17, 15) is 0 Å². The third-order valence-corrected chi connectivity index (χ3v) is 5.02. The highest BCUT2D eigenvalue weighted by molar-refractivity contribution is 7.98. The van der Waals surface area contributed by atoms with Gasteiger partial charge < -0.3 is 5.32 Å². The lowest BCUT2D eigenvalue weighted by Crippen LogP contribution is -1.98. The van der Waals surface area contributed by atoms with E-state index in [1.54, 1.807) is 11.3 Å². The number of thiazole rings is 1. The van der Waals surface area contributed by atoms with Crippen LogP contribution in [-0.2, 0) is 5.75 Å². The maximum absolute atomic E-state index is 4.72. The molecule has 1 aromatic carbocycles. The van der Waals surface area contributed by atoms with Crippen LogP contribution in [0.25, 0.3) is 11.3 Å². The molecule has 0 saturated carbocycles. The maximum Gasteiger partial charge on any atom is 0.183 e. The first-order valence-electron chi connectivity index (χ1n) is 5.84. The average molecular weight is 262 g/mol. The van der Waals surface area contributed by atoms with Gasteiger partial charge in [0.25, 0.3) is 0 Å². The number of thioether (sulfide) groups is 1. The Morgan fingerprint density at radius 3 is 3.12 bits per heavy atom. The molecule has 88 valence electrons. The molecule has 2 heterocycles. The first kappa shape index (κ1) is 11.1. The van der Waals surface area contributed by atoms with E-state index in [1.807, 2.05) is 11.8 Å². The summed E-state index contributed by atoms with van der Waals surface area (Å²) in [5.41, 5.74) is 2.47. The number of fused-ring (bicyclic) bond motifs is 3. The topological polar surface area (TPSA) is 24.9 Å². The van der Waals surface area contributed by atoms with Gasteiger partial charge in [0, 0.05) is 27.6 Å². The standard InChI is InChI=1S/C13H14N2S2/c1-2-7-14-13-15-12-9-5-3-4-6-10(9)16-8-11(12)17-13/h3-6H,2,7-8H2,1H3,(H,14,15). The van der Waals surface area contributed by atoms with Gasteiger partial charge in [-0.2, -0.15) is 0 Å². The Morgan fingerprint density at radius 1 is 1.35 bits per heavy atom. The largest absolute Gasteiger partial charge is 0.362 e. The van der Waals surface area contributed by atoms with Crippen molar-refractivity contribution in [2.24, 2.45) is 0 Å². The molecule has 0 radical (unpaired) electrons. The molecule has 3 rings (SSSR count). The minimum absolute atomic E-state index is 1.00. The Labute approximate surface area is 109 Å². The third-order valence-electron chi connectivity index (χ3n) is 2.72. The number of aromatic nitrogens is 1. The van der Waals surface area contributed by atoms with Gasteiger partial charge in [-0.15, -0.1) is 23.1 Å². The molecule has 0 aliphatic carbocycles. The Balaban J connectivity index is 1.98. The van der Waals surface area contributed by atoms with Gasteiger partial charge in [0.2, 0.25) is 0 Å². The van der Waals surface area contributed by atoms with Crippen molar-refractivity contribution < 1.29 is 0 Å². The lowest BCUT2D eigenvalue weighted by atomic mass is 10.1. The molecule has 1 aromatic heterocycles. The van der Waals surface area contributed by atoms with E-state index in [-0.39, 0.29) is 0 Å². The highest BCUT2D eigenvalue weighted by Crippen LogP contribution is 2.44. The monoisotopic (exact) mass is 262 g/mol. The van der Waals surface area contributed by atoms with Crippen molar-refractivity contribution in [3.8, 4) is 11.3 Å². The van der Waals surface area contributed by atoms with Crippen LogP contribution in [-0.4, -0.2) is 11.5 Å². The molecule has 0 bridgehead atoms. The number of hydrogen-bond donors (Lipinski definition) is 1. The summed E-state index contributed by atoms with van der Waals surface area (Å²) in [6, 6.07) is 8.54. The molecule has 0 saturated heterocycles. The van der Waals surface area contributed by atoms with Gasteiger partial charge in [-0.1, -0.05) is 25.1 Å². The van der Waals surface area contributed by atoms with Crippen LogP contribution in [0, 0.1) is 0 Å². The summed E-state index contributed by atoms with van der Waals surface area (Å²) in [4.78, 5) is 7.47. The molecule has 0 fully saturated rings. The van der Waals surface area contributed by atoms with Gasteiger partial charge in [0.05, 0.1) is 5.69 Å². The van der Waals surface area contributed by atoms with E-state index < -0.39 is 0 Å². The Morgan fingerprint density at radius 2 is 2.24 bits per heavy atom. The van der Waals surface area contributed by atoms with Crippen LogP contribution in [0.3, 0.4) is 0 Å². The van der Waals surface area contributed by atoms with Crippen LogP contribution in [0.5, 0.6) is 0 Å². The number of benzene rings is 1. The summed E-state index contributed by atoms with van der Waals surface area (Å²) in [5, 5.41) is 4.44. The van der Waals surface area contributed by atoms with Crippen molar-refractivity contribution in [1.82, 2.24) is 4.98 Å². The summed E-state index contributed by atoms with van der Waals surface area (Å²) >= 11 is 3.71. The second kappa shape index (κ2) is 4.70. The predicted molar refractivity (Wildman–Crippen MR) is 75.9 cm³/mol. The molecule has 0 unspecified atom stereocenters. The smallest absolute Gasteiger partial charge is 0.183 e. The van der Waals surface area contributed by atoms with E-state index in [2.05, 4.69) is 36.5 Å². The lowest BCUT2D eigenvalue weighted by Gasteiger charge is -2.13. The molecule has 1 aliphatic rings. The maximum atomic E-state index is 4.72. The highest BCUT2D eigenvalue weighted by Gasteiger charge is 2.20. The summed E-state index contributed by atoms with van der Waals surface area (Å²) in [6.07, 6.45) is 1.13. The molecule has 17 heavy (non-hydrogen) atoms. The quantitative estimate of drug-likeness (QED) is 0.895. The number of anilines is 1. The van der Waals surface area contributed by atoms with Crippen LogP contribution in [0.4, 0.5) is 5.13 Å². The van der Waals surface area contributed by atoms with Gasteiger partial charge >= 0.3 is 0 Å². The first-order valence-corrected chi connectivity index (χ1v) is 7.64. The normalized spacial score (nSPS) is 13.0. The minimum atomic E-state index is 1.00. The molecular formula is C13H14N2S2. The van der Waals surface area contributed by atoms with Crippen molar-refractivity contribution in [2.75, 3.05) is 11.9 Å². The molecule has 4 heteroatoms. The number of nitrogens with one attached hydrogen (secondary N) is 1. The highest BCUT2D eigenvalue weighted by atomic mass is 32.2. The van der Waals surface area contributed by atoms with Crippen LogP contribution in [0.15, 0.2) is 29.2 Å². The van der Waals surface area contributed by atoms with E-state index in [4.69, 9.17) is 4.98 Å². The Hall–Kier alpha value is -1.00. The van der Waals surface area contributed by atoms with Gasteiger partial charge in [0.1, 0.15) is 0 Å². The van der Waals surface area contributed by atoms with Gasteiger partial charge in [-0.05, 0) is 12.5 Å². The average Bonchev–Trinajstić information content (AvgIpc) is 2.79. The second-order valence-corrected chi connectivity index (χ2v) is 6.10. The molecular weight excluding hydrogens is 248 g/mol. The Bertz CT molecular complexity index is 534. The minimum Gasteiger partial charge on any atom is -0.362 e. The van der Waals surface area contributed by atoms with Crippen molar-refractivity contribution in [3.05, 3.63) is 29.1 Å². The molecule has 1 N–H and O–H groups in total. The summed E-state index contributed by atoms with van der Waals surface area (Å²) in [6.45, 7) is 3.17. The van der Waals surface area contributed by atoms with Crippen LogP contribution in [0.1, 0.15) is 18.2 Å². The second-order valence-electron chi connectivity index (χ2n) is 4.00. The fourth-order valence-electron chi connectivity index (χ4n) is 1.90. The van der Waals surface area contributed by atoms with Crippen molar-refractivity contribution in [2.45, 2.75) is 24.0 Å². The molecule has 0 spiro atoms. The summed E-state index contributed by atoms with van der Waals surface area (Å²) in [5.74, 6) is 1.05. The van der Waals surface area contributed by atoms with Crippen LogP contribution in [0.2, 0.25) is 0 Å². The van der Waals surface area contributed by atoms with E-state index >= 15 is 0 Å². The van der Waals surface area contributed by atoms with Crippen molar-refractivity contribution >= 4 is 28.2 Å². The summed E-state index contributed by atoms with van der Waals surface area (Å²) < 4.78 is 0. The SMILES string of the molecule is CCCNc1nc2c(s1)CSc1ccccc1-2. The van der Waals surface area contributed by atoms with Crippen LogP contribution >= 0.6 is 23.1 Å².